The summed E-state index contributed by atoms with van der Waals surface area (Å²) in [5.74, 6) is 24.0. The molecule has 0 atom stereocenters. The molecule has 0 unspecified atom stereocenters. The molecule has 0 amide bonds. The number of hydrogen-bond acceptors (Lipinski definition) is 3. The van der Waals surface area contributed by atoms with Crippen LogP contribution in [0.1, 0.15) is 38.5 Å². The van der Waals surface area contributed by atoms with Crippen LogP contribution < -0.4 is 9.47 Å². The second kappa shape index (κ2) is 14.8. The highest BCUT2D eigenvalue weighted by Gasteiger charge is 1.94. The Hall–Kier alpha value is -3.47. The predicted octanol–water partition coefficient (Wildman–Crippen LogP) is 3.51. The minimum Gasteiger partial charge on any atom is -0.497 e. The fourth-order valence-electron chi connectivity index (χ4n) is 1.79. The summed E-state index contributed by atoms with van der Waals surface area (Å²) < 4.78 is 10.6. The van der Waals surface area contributed by atoms with Gasteiger partial charge in [-0.2, -0.15) is 0 Å². The Morgan fingerprint density at radius 1 is 0.926 bits per heavy atom. The van der Waals surface area contributed by atoms with Gasteiger partial charge in [0, 0.05) is 18.9 Å². The molecule has 0 aliphatic carbocycles. The Balaban J connectivity index is 2.12. The molecule has 0 spiro atoms. The first kappa shape index (κ1) is 21.6. The second-order valence-electron chi connectivity index (χ2n) is 5.16. The zero-order chi connectivity index (χ0) is 19.6. The molecule has 1 aromatic rings. The van der Waals surface area contributed by atoms with Crippen molar-refractivity contribution >= 4 is 5.97 Å². The van der Waals surface area contributed by atoms with Gasteiger partial charge in [-0.05, 0) is 18.6 Å². The molecule has 0 bridgehead atoms. The zero-order valence-corrected chi connectivity index (χ0v) is 15.4. The van der Waals surface area contributed by atoms with E-state index in [1.807, 2.05) is 18.2 Å². The Morgan fingerprint density at radius 3 is 2.15 bits per heavy atom. The summed E-state index contributed by atoms with van der Waals surface area (Å²) in [6, 6.07) is 7.37. The molecule has 0 saturated heterocycles. The van der Waals surface area contributed by atoms with E-state index < -0.39 is 5.97 Å². The van der Waals surface area contributed by atoms with Crippen molar-refractivity contribution in [1.29, 1.82) is 0 Å². The molecule has 0 heterocycles. The summed E-state index contributed by atoms with van der Waals surface area (Å²) in [5, 5.41) is 8.48. The van der Waals surface area contributed by atoms with Crippen LogP contribution >= 0.6 is 0 Å². The zero-order valence-electron chi connectivity index (χ0n) is 15.4. The average molecular weight is 362 g/mol. The number of aliphatic carboxylic acids is 1. The van der Waals surface area contributed by atoms with Crippen molar-refractivity contribution in [3.63, 3.8) is 0 Å². The van der Waals surface area contributed by atoms with Crippen molar-refractivity contribution in [2.45, 2.75) is 38.5 Å². The summed E-state index contributed by atoms with van der Waals surface area (Å²) >= 11 is 0. The molecule has 0 aromatic heterocycles. The molecular weight excluding hydrogens is 340 g/mol. The van der Waals surface area contributed by atoms with Crippen LogP contribution in [0.2, 0.25) is 0 Å². The summed E-state index contributed by atoms with van der Waals surface area (Å²) in [7, 11) is 1.61. The topological polar surface area (TPSA) is 55.8 Å². The monoisotopic (exact) mass is 362 g/mol. The van der Waals surface area contributed by atoms with Crippen LogP contribution in [0.15, 0.2) is 24.3 Å². The van der Waals surface area contributed by atoms with E-state index in [0.29, 0.717) is 38.7 Å². The molecular formula is C23H22O4. The third kappa shape index (κ3) is 12.5. The normalized spacial score (nSPS) is 8.33. The molecule has 1 N–H and O–H groups in total. The molecule has 138 valence electrons. The number of carbonyl (C=O) groups is 1. The fraction of sp³-hybridized carbons (Fsp3) is 0.348. The largest absolute Gasteiger partial charge is 0.497 e. The third-order valence-electron chi connectivity index (χ3n) is 3.07. The Bertz CT molecular complexity index is 839. The fourth-order valence-corrected chi connectivity index (χ4v) is 1.79. The van der Waals surface area contributed by atoms with Crippen molar-refractivity contribution < 1.29 is 19.4 Å². The van der Waals surface area contributed by atoms with Gasteiger partial charge in [-0.25, -0.2) is 0 Å². The maximum atomic E-state index is 10.3. The van der Waals surface area contributed by atoms with E-state index in [1.54, 1.807) is 13.2 Å². The molecule has 4 nitrogen and oxygen atoms in total. The van der Waals surface area contributed by atoms with Gasteiger partial charge in [0.1, 0.15) is 18.1 Å². The summed E-state index contributed by atoms with van der Waals surface area (Å²) in [6.45, 7) is 0.305. The van der Waals surface area contributed by atoms with Crippen LogP contribution in [0.5, 0.6) is 11.5 Å². The van der Waals surface area contributed by atoms with Gasteiger partial charge in [0.15, 0.2) is 0 Å². The van der Waals surface area contributed by atoms with E-state index in [9.17, 15) is 4.79 Å². The van der Waals surface area contributed by atoms with Crippen LogP contribution in [-0.4, -0.2) is 24.8 Å². The van der Waals surface area contributed by atoms with E-state index >= 15 is 0 Å². The minimum atomic E-state index is -0.788. The maximum absolute atomic E-state index is 10.3. The van der Waals surface area contributed by atoms with Gasteiger partial charge < -0.3 is 14.6 Å². The number of methoxy groups -OCH3 is 1. The first-order valence-corrected chi connectivity index (χ1v) is 8.54. The molecule has 27 heavy (non-hydrogen) atoms. The second-order valence-corrected chi connectivity index (χ2v) is 5.16. The van der Waals surface area contributed by atoms with Crippen LogP contribution in [-0.2, 0) is 4.79 Å². The van der Waals surface area contributed by atoms with Gasteiger partial charge in [0.25, 0.3) is 0 Å². The number of ether oxygens (including phenoxy) is 2. The van der Waals surface area contributed by atoms with Crippen LogP contribution in [0.25, 0.3) is 0 Å². The molecule has 1 rings (SSSR count). The lowest BCUT2D eigenvalue weighted by Gasteiger charge is -2.03. The molecule has 0 fully saturated rings. The molecule has 0 aliphatic rings. The lowest BCUT2D eigenvalue weighted by Crippen LogP contribution is -1.94. The van der Waals surface area contributed by atoms with Gasteiger partial charge >= 0.3 is 5.97 Å². The van der Waals surface area contributed by atoms with Crippen LogP contribution in [0.3, 0.4) is 0 Å². The van der Waals surface area contributed by atoms with E-state index in [4.69, 9.17) is 14.6 Å². The predicted molar refractivity (Wildman–Crippen MR) is 105 cm³/mol. The van der Waals surface area contributed by atoms with E-state index in [0.717, 1.165) is 11.5 Å². The standard InChI is InChI=1S/C23H22O4/c1-26-21-16-15-17-22(20-21)27-19-14-12-10-8-6-4-2-3-5-7-9-11-13-18-23(24)25/h15-17,20H,4-5,10-11,13,18-19H2,1H3,(H,24,25). The van der Waals surface area contributed by atoms with Gasteiger partial charge in [0.05, 0.1) is 26.4 Å². The Labute approximate surface area is 161 Å². The van der Waals surface area contributed by atoms with Crippen LogP contribution in [0, 0.1) is 47.4 Å². The number of unbranched alkanes of at least 4 members (excludes halogenated alkanes) is 1. The third-order valence-corrected chi connectivity index (χ3v) is 3.07. The van der Waals surface area contributed by atoms with Crippen molar-refractivity contribution in [2.75, 3.05) is 13.7 Å². The lowest BCUT2D eigenvalue weighted by molar-refractivity contribution is -0.137. The highest BCUT2D eigenvalue weighted by molar-refractivity contribution is 5.66. The van der Waals surface area contributed by atoms with Crippen molar-refractivity contribution in [3.8, 4) is 58.9 Å². The number of carboxylic acids is 1. The first-order chi connectivity index (χ1) is 13.2. The first-order valence-electron chi connectivity index (χ1n) is 8.54. The van der Waals surface area contributed by atoms with Gasteiger partial charge in [-0.3, -0.25) is 4.79 Å². The Kier molecular flexibility index (Phi) is 11.9. The number of benzene rings is 1. The quantitative estimate of drug-likeness (QED) is 0.621. The number of rotatable bonds is 6. The van der Waals surface area contributed by atoms with E-state index in [1.165, 1.54) is 0 Å². The summed E-state index contributed by atoms with van der Waals surface area (Å²) in [5.41, 5.74) is 0. The van der Waals surface area contributed by atoms with Gasteiger partial charge in [-0.1, -0.05) is 47.5 Å². The summed E-state index contributed by atoms with van der Waals surface area (Å²) in [4.78, 5) is 10.3. The van der Waals surface area contributed by atoms with E-state index in [-0.39, 0.29) is 6.42 Å². The number of hydrogen-bond donors (Lipinski definition) is 1. The lowest BCUT2D eigenvalue weighted by atomic mass is 10.2. The molecule has 0 radical (unpaired) electrons. The Morgan fingerprint density at radius 2 is 1.52 bits per heavy atom. The molecule has 0 saturated carbocycles. The van der Waals surface area contributed by atoms with Gasteiger partial charge in [-0.15, -0.1) is 5.92 Å². The molecule has 4 heteroatoms. The highest BCUT2D eigenvalue weighted by atomic mass is 16.5. The maximum Gasteiger partial charge on any atom is 0.303 e. The SMILES string of the molecule is COc1cccc(OCC#CCC#CCC#CCC#CCCCC(=O)O)c1. The number of carboxylic acid groups (broad SMARTS) is 1. The van der Waals surface area contributed by atoms with Crippen molar-refractivity contribution in [2.24, 2.45) is 0 Å². The van der Waals surface area contributed by atoms with Crippen molar-refractivity contribution in [3.05, 3.63) is 24.3 Å². The minimum absolute atomic E-state index is 0.159. The molecule has 1 aromatic carbocycles. The highest BCUT2D eigenvalue weighted by Crippen LogP contribution is 2.18. The van der Waals surface area contributed by atoms with E-state index in [2.05, 4.69) is 47.4 Å². The molecule has 0 aliphatic heterocycles. The smallest absolute Gasteiger partial charge is 0.303 e. The van der Waals surface area contributed by atoms with Gasteiger partial charge in [0.2, 0.25) is 0 Å². The van der Waals surface area contributed by atoms with Crippen molar-refractivity contribution in [1.82, 2.24) is 0 Å². The van der Waals surface area contributed by atoms with Crippen LogP contribution in [0.4, 0.5) is 0 Å². The summed E-state index contributed by atoms with van der Waals surface area (Å²) in [6.07, 6.45) is 2.78. The average Bonchev–Trinajstić information content (AvgIpc) is 2.67.